The van der Waals surface area contributed by atoms with Gasteiger partial charge in [0.05, 0.1) is 12.2 Å². The second-order valence-corrected chi connectivity index (χ2v) is 3.76. The lowest BCUT2D eigenvalue weighted by molar-refractivity contribution is -0.136. The van der Waals surface area contributed by atoms with Gasteiger partial charge in [-0.15, -0.1) is 0 Å². The van der Waals surface area contributed by atoms with Crippen LogP contribution in [0.5, 0.6) is 0 Å². The monoisotopic (exact) mass is 241 g/mol. The minimum absolute atomic E-state index is 0.0712. The van der Waals surface area contributed by atoms with E-state index in [-0.39, 0.29) is 24.6 Å². The zero-order valence-corrected chi connectivity index (χ0v) is 9.24. The molecule has 1 heterocycles. The first-order chi connectivity index (χ1) is 7.68. The zero-order valence-electron chi connectivity index (χ0n) is 8.42. The highest BCUT2D eigenvalue weighted by atomic mass is 32.2. The van der Waals surface area contributed by atoms with Gasteiger partial charge >= 0.3 is 5.97 Å². The smallest absolute Gasteiger partial charge is 0.305 e. The number of aliphatic carboxylic acids is 1. The Labute approximate surface area is 96.5 Å². The Hall–Kier alpha value is -1.63. The Kier molecular flexibility index (Phi) is 5.27. The van der Waals surface area contributed by atoms with E-state index in [9.17, 15) is 9.59 Å². The molecular weight excluding hydrogens is 230 g/mol. The number of aromatic nitrogens is 2. The summed E-state index contributed by atoms with van der Waals surface area (Å²) in [4.78, 5) is 29.3. The maximum absolute atomic E-state index is 11.2. The van der Waals surface area contributed by atoms with E-state index in [4.69, 9.17) is 5.11 Å². The SMILES string of the molecule is O=C(O)CCNC(=O)CSc1ncccn1. The van der Waals surface area contributed by atoms with Crippen LogP contribution in [0, 0.1) is 0 Å². The summed E-state index contributed by atoms with van der Waals surface area (Å²) in [7, 11) is 0. The van der Waals surface area contributed by atoms with Crippen molar-refractivity contribution in [2.24, 2.45) is 0 Å². The van der Waals surface area contributed by atoms with Crippen LogP contribution in [0.4, 0.5) is 0 Å². The highest BCUT2D eigenvalue weighted by Gasteiger charge is 2.04. The Morgan fingerprint density at radius 1 is 1.38 bits per heavy atom. The van der Waals surface area contributed by atoms with Crippen LogP contribution in [0.15, 0.2) is 23.6 Å². The van der Waals surface area contributed by atoms with Crippen molar-refractivity contribution >= 4 is 23.6 Å². The van der Waals surface area contributed by atoms with E-state index < -0.39 is 5.97 Å². The minimum Gasteiger partial charge on any atom is -0.481 e. The molecule has 1 aromatic heterocycles. The molecule has 1 amide bonds. The zero-order chi connectivity index (χ0) is 11.8. The number of carbonyl (C=O) groups excluding carboxylic acids is 1. The molecule has 1 aromatic rings. The van der Waals surface area contributed by atoms with Crippen molar-refractivity contribution in [1.29, 1.82) is 0 Å². The van der Waals surface area contributed by atoms with Gasteiger partial charge in [0.1, 0.15) is 0 Å². The Morgan fingerprint density at radius 2 is 2.06 bits per heavy atom. The third kappa shape index (κ3) is 5.30. The number of hydrogen-bond donors (Lipinski definition) is 2. The number of carboxylic acids is 1. The third-order valence-electron chi connectivity index (χ3n) is 1.54. The molecule has 86 valence electrons. The van der Waals surface area contributed by atoms with Gasteiger partial charge in [-0.05, 0) is 6.07 Å². The molecule has 0 aliphatic rings. The van der Waals surface area contributed by atoms with Crippen molar-refractivity contribution in [3.05, 3.63) is 18.5 Å². The molecule has 0 aromatic carbocycles. The first-order valence-electron chi connectivity index (χ1n) is 4.57. The minimum atomic E-state index is -0.931. The predicted octanol–water partition coefficient (Wildman–Crippen LogP) is 0.160. The van der Waals surface area contributed by atoms with E-state index >= 15 is 0 Å². The molecule has 0 atom stereocenters. The van der Waals surface area contributed by atoms with Crippen LogP contribution in [-0.4, -0.2) is 39.2 Å². The average molecular weight is 241 g/mol. The molecule has 0 aliphatic carbocycles. The van der Waals surface area contributed by atoms with Crippen LogP contribution in [0.1, 0.15) is 6.42 Å². The Balaban J connectivity index is 2.18. The largest absolute Gasteiger partial charge is 0.481 e. The van der Waals surface area contributed by atoms with Gasteiger partial charge in [-0.25, -0.2) is 9.97 Å². The van der Waals surface area contributed by atoms with Crippen LogP contribution >= 0.6 is 11.8 Å². The summed E-state index contributed by atoms with van der Waals surface area (Å²) in [5, 5.41) is 11.4. The average Bonchev–Trinajstić information content (AvgIpc) is 2.27. The molecule has 0 fully saturated rings. The highest BCUT2D eigenvalue weighted by Crippen LogP contribution is 2.09. The van der Waals surface area contributed by atoms with Gasteiger partial charge in [-0.2, -0.15) is 0 Å². The summed E-state index contributed by atoms with van der Waals surface area (Å²) >= 11 is 1.21. The van der Waals surface area contributed by atoms with E-state index in [1.165, 1.54) is 11.8 Å². The first kappa shape index (κ1) is 12.4. The van der Waals surface area contributed by atoms with Gasteiger partial charge < -0.3 is 10.4 Å². The summed E-state index contributed by atoms with van der Waals surface area (Å²) in [5.74, 6) is -0.970. The van der Waals surface area contributed by atoms with E-state index in [2.05, 4.69) is 15.3 Å². The molecule has 1 rings (SSSR count). The summed E-state index contributed by atoms with van der Waals surface area (Å²) in [6.07, 6.45) is 3.12. The number of carbonyl (C=O) groups is 2. The summed E-state index contributed by atoms with van der Waals surface area (Å²) in [5.41, 5.74) is 0. The lowest BCUT2D eigenvalue weighted by Gasteiger charge is -2.02. The van der Waals surface area contributed by atoms with Crippen molar-refractivity contribution < 1.29 is 14.7 Å². The topological polar surface area (TPSA) is 92.2 Å². The Bertz CT molecular complexity index is 358. The number of nitrogens with one attached hydrogen (secondary N) is 1. The summed E-state index contributed by atoms with van der Waals surface area (Å²) in [6, 6.07) is 1.69. The van der Waals surface area contributed by atoms with Crippen molar-refractivity contribution in [3.8, 4) is 0 Å². The molecule has 0 aliphatic heterocycles. The Morgan fingerprint density at radius 3 is 2.69 bits per heavy atom. The van der Waals surface area contributed by atoms with Gasteiger partial charge in [0.25, 0.3) is 0 Å². The number of amides is 1. The molecule has 7 heteroatoms. The number of thioether (sulfide) groups is 1. The quantitative estimate of drug-likeness (QED) is 0.544. The molecule has 6 nitrogen and oxygen atoms in total. The van der Waals surface area contributed by atoms with Gasteiger partial charge in [0.15, 0.2) is 5.16 Å². The van der Waals surface area contributed by atoms with Crippen LogP contribution in [-0.2, 0) is 9.59 Å². The lowest BCUT2D eigenvalue weighted by atomic mass is 10.4. The molecular formula is C9H11N3O3S. The number of rotatable bonds is 6. The van der Waals surface area contributed by atoms with Crippen LogP contribution < -0.4 is 5.32 Å². The molecule has 16 heavy (non-hydrogen) atoms. The van der Waals surface area contributed by atoms with E-state index in [0.717, 1.165) is 0 Å². The fourth-order valence-corrected chi connectivity index (χ4v) is 1.48. The van der Waals surface area contributed by atoms with Crippen molar-refractivity contribution in [3.63, 3.8) is 0 Å². The third-order valence-corrected chi connectivity index (χ3v) is 2.41. The fourth-order valence-electron chi connectivity index (χ4n) is 0.850. The fraction of sp³-hybridized carbons (Fsp3) is 0.333. The maximum Gasteiger partial charge on any atom is 0.305 e. The van der Waals surface area contributed by atoms with Gasteiger partial charge in [-0.1, -0.05) is 11.8 Å². The van der Waals surface area contributed by atoms with Gasteiger partial charge in [-0.3, -0.25) is 9.59 Å². The van der Waals surface area contributed by atoms with Crippen molar-refractivity contribution in [2.75, 3.05) is 12.3 Å². The molecule has 0 unspecified atom stereocenters. The molecule has 2 N–H and O–H groups in total. The molecule has 0 radical (unpaired) electrons. The van der Waals surface area contributed by atoms with Gasteiger partial charge in [0.2, 0.25) is 5.91 Å². The van der Waals surface area contributed by atoms with Crippen LogP contribution in [0.2, 0.25) is 0 Å². The molecule has 0 saturated heterocycles. The van der Waals surface area contributed by atoms with E-state index in [1.807, 2.05) is 0 Å². The normalized spacial score (nSPS) is 9.75. The maximum atomic E-state index is 11.2. The van der Waals surface area contributed by atoms with Crippen LogP contribution in [0.3, 0.4) is 0 Å². The number of hydrogen-bond acceptors (Lipinski definition) is 5. The molecule has 0 spiro atoms. The van der Waals surface area contributed by atoms with Crippen LogP contribution in [0.25, 0.3) is 0 Å². The van der Waals surface area contributed by atoms with Crippen molar-refractivity contribution in [2.45, 2.75) is 11.6 Å². The number of carboxylic acid groups (broad SMARTS) is 1. The lowest BCUT2D eigenvalue weighted by Crippen LogP contribution is -2.27. The predicted molar refractivity (Wildman–Crippen MR) is 58.0 cm³/mol. The highest BCUT2D eigenvalue weighted by molar-refractivity contribution is 7.99. The second kappa shape index (κ2) is 6.78. The van der Waals surface area contributed by atoms with E-state index in [0.29, 0.717) is 5.16 Å². The van der Waals surface area contributed by atoms with Gasteiger partial charge in [0, 0.05) is 18.9 Å². The second-order valence-electron chi connectivity index (χ2n) is 2.81. The van der Waals surface area contributed by atoms with Crippen molar-refractivity contribution in [1.82, 2.24) is 15.3 Å². The molecule has 0 saturated carbocycles. The summed E-state index contributed by atoms with van der Waals surface area (Å²) in [6.45, 7) is 0.143. The van der Waals surface area contributed by atoms with E-state index in [1.54, 1.807) is 18.5 Å². The standard InChI is InChI=1S/C9H11N3O3S/c13-7(10-5-2-8(14)15)6-16-9-11-3-1-4-12-9/h1,3-4H,2,5-6H2,(H,10,13)(H,14,15). The molecule has 0 bridgehead atoms. The summed E-state index contributed by atoms with van der Waals surface area (Å²) < 4.78 is 0. The number of nitrogens with zero attached hydrogens (tertiary/aromatic N) is 2. The first-order valence-corrected chi connectivity index (χ1v) is 5.55.